The molecule has 1 aromatic carbocycles. The van der Waals surface area contributed by atoms with Crippen LogP contribution in [0.2, 0.25) is 0 Å². The van der Waals surface area contributed by atoms with Gasteiger partial charge in [-0.2, -0.15) is 0 Å². The number of aryl methyl sites for hydroxylation is 2. The second-order valence-electron chi connectivity index (χ2n) is 5.77. The average molecular weight is 277 g/mol. The molecule has 1 saturated heterocycles. The van der Waals surface area contributed by atoms with Crippen molar-refractivity contribution in [2.24, 2.45) is 5.73 Å². The predicted molar refractivity (Wildman–Crippen MR) is 83.3 cm³/mol. The Morgan fingerprint density at radius 3 is 2.35 bits per heavy atom. The molecule has 1 aliphatic rings. The summed E-state index contributed by atoms with van der Waals surface area (Å²) in [7, 11) is 3.90. The first kappa shape index (κ1) is 15.3. The third-order valence-electron chi connectivity index (χ3n) is 4.34. The largest absolute Gasteiger partial charge is 0.496 e. The lowest BCUT2D eigenvalue weighted by Gasteiger charge is -2.38. The highest BCUT2D eigenvalue weighted by Gasteiger charge is 2.24. The molecule has 1 heterocycles. The van der Waals surface area contributed by atoms with E-state index in [1.54, 1.807) is 7.11 Å². The van der Waals surface area contributed by atoms with E-state index in [9.17, 15) is 0 Å². The highest BCUT2D eigenvalue weighted by molar-refractivity contribution is 5.43. The zero-order valence-corrected chi connectivity index (χ0v) is 13.1. The minimum Gasteiger partial charge on any atom is -0.496 e. The SMILES string of the molecule is COc1cc(C)c(C(CN)N2CCN(C)CC2)cc1C. The van der Waals surface area contributed by atoms with E-state index in [1.165, 1.54) is 16.7 Å². The van der Waals surface area contributed by atoms with Crippen LogP contribution in [-0.4, -0.2) is 56.7 Å². The predicted octanol–water partition coefficient (Wildman–Crippen LogP) is 1.56. The molecule has 0 aliphatic carbocycles. The minimum absolute atomic E-state index is 0.313. The summed E-state index contributed by atoms with van der Waals surface area (Å²) in [5.74, 6) is 0.959. The normalized spacial score (nSPS) is 19.1. The molecule has 1 aliphatic heterocycles. The maximum absolute atomic E-state index is 6.07. The molecule has 112 valence electrons. The first-order chi connectivity index (χ1) is 9.56. The fraction of sp³-hybridized carbons (Fsp3) is 0.625. The smallest absolute Gasteiger partial charge is 0.122 e. The number of nitrogens with zero attached hydrogens (tertiary/aromatic N) is 2. The molecule has 4 nitrogen and oxygen atoms in total. The van der Waals surface area contributed by atoms with Gasteiger partial charge in [0.1, 0.15) is 5.75 Å². The van der Waals surface area contributed by atoms with Crippen molar-refractivity contribution in [3.05, 3.63) is 28.8 Å². The molecule has 0 radical (unpaired) electrons. The van der Waals surface area contributed by atoms with Gasteiger partial charge in [0.25, 0.3) is 0 Å². The summed E-state index contributed by atoms with van der Waals surface area (Å²) in [4.78, 5) is 4.88. The Kier molecular flexibility index (Phi) is 5.02. The van der Waals surface area contributed by atoms with Crippen molar-refractivity contribution in [1.82, 2.24) is 9.80 Å². The molecule has 0 aromatic heterocycles. The van der Waals surface area contributed by atoms with Crippen LogP contribution in [0.1, 0.15) is 22.7 Å². The Balaban J connectivity index is 2.25. The van der Waals surface area contributed by atoms with Crippen LogP contribution in [0.25, 0.3) is 0 Å². The quantitative estimate of drug-likeness (QED) is 0.907. The van der Waals surface area contributed by atoms with Gasteiger partial charge in [0.05, 0.1) is 7.11 Å². The van der Waals surface area contributed by atoms with E-state index >= 15 is 0 Å². The summed E-state index contributed by atoms with van der Waals surface area (Å²) in [6, 6.07) is 4.68. The molecule has 1 aromatic rings. The molecule has 4 heteroatoms. The number of likely N-dealkylation sites (N-methyl/N-ethyl adjacent to an activating group) is 1. The Hall–Kier alpha value is -1.10. The summed E-state index contributed by atoms with van der Waals surface area (Å²) in [6.45, 7) is 9.31. The summed E-state index contributed by atoms with van der Waals surface area (Å²) in [6.07, 6.45) is 0. The van der Waals surface area contributed by atoms with E-state index in [0.717, 1.165) is 31.9 Å². The Bertz CT molecular complexity index is 453. The molecule has 1 unspecified atom stereocenters. The van der Waals surface area contributed by atoms with E-state index in [4.69, 9.17) is 10.5 Å². The maximum atomic E-state index is 6.07. The molecule has 2 N–H and O–H groups in total. The molecule has 20 heavy (non-hydrogen) atoms. The van der Waals surface area contributed by atoms with E-state index in [-0.39, 0.29) is 0 Å². The average Bonchev–Trinajstić information content (AvgIpc) is 2.45. The zero-order valence-electron chi connectivity index (χ0n) is 13.1. The van der Waals surface area contributed by atoms with Crippen molar-refractivity contribution in [1.29, 1.82) is 0 Å². The lowest BCUT2D eigenvalue weighted by Crippen LogP contribution is -2.47. The zero-order chi connectivity index (χ0) is 14.7. The summed E-state index contributed by atoms with van der Waals surface area (Å²) in [5, 5.41) is 0. The van der Waals surface area contributed by atoms with Gasteiger partial charge in [-0.05, 0) is 43.7 Å². The number of ether oxygens (including phenoxy) is 1. The second kappa shape index (κ2) is 6.57. The van der Waals surface area contributed by atoms with Gasteiger partial charge in [-0.15, -0.1) is 0 Å². The molecule has 1 fully saturated rings. The van der Waals surface area contributed by atoms with Crippen LogP contribution < -0.4 is 10.5 Å². The van der Waals surface area contributed by atoms with Crippen molar-refractivity contribution < 1.29 is 4.74 Å². The van der Waals surface area contributed by atoms with Gasteiger partial charge in [0, 0.05) is 38.8 Å². The molecular weight excluding hydrogens is 250 g/mol. The monoisotopic (exact) mass is 277 g/mol. The van der Waals surface area contributed by atoms with Crippen LogP contribution in [0.5, 0.6) is 5.75 Å². The van der Waals surface area contributed by atoms with Gasteiger partial charge >= 0.3 is 0 Å². The number of nitrogens with two attached hydrogens (primary N) is 1. The molecule has 2 rings (SSSR count). The van der Waals surface area contributed by atoms with Gasteiger partial charge in [-0.1, -0.05) is 6.07 Å². The minimum atomic E-state index is 0.313. The summed E-state index contributed by atoms with van der Waals surface area (Å²) in [5.41, 5.74) is 9.86. The van der Waals surface area contributed by atoms with Crippen LogP contribution in [0.15, 0.2) is 12.1 Å². The topological polar surface area (TPSA) is 41.7 Å². The Morgan fingerprint density at radius 1 is 1.15 bits per heavy atom. The number of rotatable bonds is 4. The van der Waals surface area contributed by atoms with Crippen molar-refractivity contribution in [2.45, 2.75) is 19.9 Å². The van der Waals surface area contributed by atoms with Crippen LogP contribution >= 0.6 is 0 Å². The molecule has 0 amide bonds. The van der Waals surface area contributed by atoms with Crippen LogP contribution in [0.4, 0.5) is 0 Å². The lowest BCUT2D eigenvalue weighted by atomic mass is 9.96. The molecule has 0 saturated carbocycles. The van der Waals surface area contributed by atoms with Gasteiger partial charge in [0.15, 0.2) is 0 Å². The number of methoxy groups -OCH3 is 1. The fourth-order valence-electron chi connectivity index (χ4n) is 3.00. The first-order valence-electron chi connectivity index (χ1n) is 7.34. The third-order valence-corrected chi connectivity index (χ3v) is 4.34. The van der Waals surface area contributed by atoms with E-state index in [1.807, 2.05) is 0 Å². The third kappa shape index (κ3) is 3.14. The summed E-state index contributed by atoms with van der Waals surface area (Å²) >= 11 is 0. The summed E-state index contributed by atoms with van der Waals surface area (Å²) < 4.78 is 5.40. The Morgan fingerprint density at radius 2 is 1.80 bits per heavy atom. The van der Waals surface area contributed by atoms with Crippen molar-refractivity contribution in [3.63, 3.8) is 0 Å². The fourth-order valence-corrected chi connectivity index (χ4v) is 3.00. The second-order valence-corrected chi connectivity index (χ2v) is 5.77. The van der Waals surface area contributed by atoms with Crippen LogP contribution in [0.3, 0.4) is 0 Å². The molecule has 1 atom stereocenters. The van der Waals surface area contributed by atoms with Crippen molar-refractivity contribution in [3.8, 4) is 5.75 Å². The maximum Gasteiger partial charge on any atom is 0.122 e. The Labute approximate surface area is 122 Å². The van der Waals surface area contributed by atoms with Crippen molar-refractivity contribution >= 4 is 0 Å². The highest BCUT2D eigenvalue weighted by Crippen LogP contribution is 2.29. The van der Waals surface area contributed by atoms with Crippen LogP contribution in [0, 0.1) is 13.8 Å². The van der Waals surface area contributed by atoms with Gasteiger partial charge in [0.2, 0.25) is 0 Å². The van der Waals surface area contributed by atoms with Gasteiger partial charge in [-0.25, -0.2) is 0 Å². The first-order valence-corrected chi connectivity index (χ1v) is 7.34. The number of hydrogen-bond donors (Lipinski definition) is 1. The van der Waals surface area contributed by atoms with E-state index in [0.29, 0.717) is 12.6 Å². The number of piperazine rings is 1. The lowest BCUT2D eigenvalue weighted by molar-refractivity contribution is 0.114. The van der Waals surface area contributed by atoms with Gasteiger partial charge < -0.3 is 15.4 Å². The number of benzene rings is 1. The van der Waals surface area contributed by atoms with E-state index in [2.05, 4.69) is 42.8 Å². The molecular formula is C16H27N3O. The van der Waals surface area contributed by atoms with Gasteiger partial charge in [-0.3, -0.25) is 4.90 Å². The van der Waals surface area contributed by atoms with Crippen LogP contribution in [-0.2, 0) is 0 Å². The highest BCUT2D eigenvalue weighted by atomic mass is 16.5. The molecule has 0 bridgehead atoms. The molecule has 0 spiro atoms. The standard InChI is InChI=1S/C16H27N3O/c1-12-10-16(20-4)13(2)9-14(12)15(11-17)19-7-5-18(3)6-8-19/h9-10,15H,5-8,11,17H2,1-4H3. The van der Waals surface area contributed by atoms with Crippen molar-refractivity contribution in [2.75, 3.05) is 46.9 Å². The number of hydrogen-bond acceptors (Lipinski definition) is 4. The van der Waals surface area contributed by atoms with E-state index < -0.39 is 0 Å².